The van der Waals surface area contributed by atoms with E-state index in [1.54, 1.807) is 42.5 Å². The molecule has 0 bridgehead atoms. The van der Waals surface area contributed by atoms with E-state index in [9.17, 15) is 14.6 Å². The molecule has 0 saturated carbocycles. The van der Waals surface area contributed by atoms with Crippen LogP contribution >= 0.6 is 0 Å². The van der Waals surface area contributed by atoms with Gasteiger partial charge in [-0.1, -0.05) is 24.3 Å². The zero-order valence-corrected chi connectivity index (χ0v) is 11.1. The Balaban J connectivity index is 1.96. The van der Waals surface area contributed by atoms with Crippen molar-refractivity contribution in [2.75, 3.05) is 0 Å². The number of hydrogen-bond acceptors (Lipinski definition) is 4. The number of rotatable bonds is 5. The molecule has 2 N–H and O–H groups in total. The lowest BCUT2D eigenvalue weighted by atomic mass is 10.1. The molecule has 0 aliphatic heterocycles. The van der Waals surface area contributed by atoms with Gasteiger partial charge in [0, 0.05) is 0 Å². The molecule has 2 unspecified atom stereocenters. The van der Waals surface area contributed by atoms with Gasteiger partial charge in [-0.25, -0.2) is 4.39 Å². The molecule has 0 spiro atoms. The molecule has 4 nitrogen and oxygen atoms in total. The van der Waals surface area contributed by atoms with Crippen LogP contribution in [0.1, 0.15) is 17.2 Å². The Morgan fingerprint density at radius 1 is 1.05 bits per heavy atom. The lowest BCUT2D eigenvalue weighted by molar-refractivity contribution is 0.0527. The van der Waals surface area contributed by atoms with Crippen molar-refractivity contribution in [2.45, 2.75) is 18.8 Å². The van der Waals surface area contributed by atoms with Crippen molar-refractivity contribution in [3.05, 3.63) is 65.5 Å². The number of nitriles is 1. The average molecular weight is 287 g/mol. The maximum absolute atomic E-state index is 12.8. The van der Waals surface area contributed by atoms with Crippen molar-refractivity contribution in [3.8, 4) is 11.8 Å². The highest BCUT2D eigenvalue weighted by Gasteiger charge is 2.17. The molecule has 0 aliphatic carbocycles. The lowest BCUT2D eigenvalue weighted by Crippen LogP contribution is -2.15. The van der Waals surface area contributed by atoms with Crippen LogP contribution in [0.2, 0.25) is 0 Å². The quantitative estimate of drug-likeness (QED) is 0.828. The first-order valence-electron chi connectivity index (χ1n) is 6.33. The van der Waals surface area contributed by atoms with Gasteiger partial charge < -0.3 is 14.9 Å². The second-order valence-electron chi connectivity index (χ2n) is 4.50. The zero-order chi connectivity index (χ0) is 15.2. The molecule has 2 rings (SSSR count). The van der Waals surface area contributed by atoms with E-state index >= 15 is 0 Å². The SMILES string of the molecule is N#CC(O)C(O)c1ccc(OCc2ccc(F)cc2)cc1. The summed E-state index contributed by atoms with van der Waals surface area (Å²) in [5.74, 6) is 0.273. The highest BCUT2D eigenvalue weighted by atomic mass is 19.1. The second kappa shape index (κ2) is 6.84. The molecule has 0 aromatic heterocycles. The molecule has 0 heterocycles. The summed E-state index contributed by atoms with van der Waals surface area (Å²) in [6, 6.07) is 14.0. The van der Waals surface area contributed by atoms with E-state index in [-0.39, 0.29) is 5.82 Å². The number of aliphatic hydroxyl groups excluding tert-OH is 2. The molecule has 5 heteroatoms. The highest BCUT2D eigenvalue weighted by Crippen LogP contribution is 2.21. The summed E-state index contributed by atoms with van der Waals surface area (Å²) in [6.45, 7) is 0.295. The smallest absolute Gasteiger partial charge is 0.170 e. The van der Waals surface area contributed by atoms with E-state index in [1.807, 2.05) is 0 Å². The lowest BCUT2D eigenvalue weighted by Gasteiger charge is -2.13. The number of nitrogens with zero attached hydrogens (tertiary/aromatic N) is 1. The minimum Gasteiger partial charge on any atom is -0.489 e. The maximum Gasteiger partial charge on any atom is 0.170 e. The Morgan fingerprint density at radius 3 is 2.24 bits per heavy atom. The molecule has 108 valence electrons. The van der Waals surface area contributed by atoms with Gasteiger partial charge in [0.15, 0.2) is 6.10 Å². The minimum atomic E-state index is -1.46. The van der Waals surface area contributed by atoms with Crippen molar-refractivity contribution < 1.29 is 19.3 Å². The normalized spacial score (nSPS) is 13.2. The number of halogens is 1. The van der Waals surface area contributed by atoms with E-state index in [4.69, 9.17) is 10.00 Å². The van der Waals surface area contributed by atoms with Crippen LogP contribution in [-0.4, -0.2) is 16.3 Å². The summed E-state index contributed by atoms with van der Waals surface area (Å²) in [5.41, 5.74) is 1.26. The summed E-state index contributed by atoms with van der Waals surface area (Å²) in [6.07, 6.45) is -2.71. The topological polar surface area (TPSA) is 73.5 Å². The highest BCUT2D eigenvalue weighted by molar-refractivity contribution is 5.30. The fraction of sp³-hybridized carbons (Fsp3) is 0.188. The Labute approximate surface area is 121 Å². The van der Waals surface area contributed by atoms with Crippen LogP contribution < -0.4 is 4.74 Å². The summed E-state index contributed by atoms with van der Waals surface area (Å²) in [7, 11) is 0. The van der Waals surface area contributed by atoms with Crippen molar-refractivity contribution in [1.82, 2.24) is 0 Å². The third-order valence-electron chi connectivity index (χ3n) is 2.97. The second-order valence-corrected chi connectivity index (χ2v) is 4.50. The minimum absolute atomic E-state index is 0.295. The van der Waals surface area contributed by atoms with Crippen LogP contribution in [0.15, 0.2) is 48.5 Å². The fourth-order valence-corrected chi connectivity index (χ4v) is 1.76. The predicted octanol–water partition coefficient (Wildman–Crippen LogP) is 2.32. The van der Waals surface area contributed by atoms with E-state index < -0.39 is 12.2 Å². The first kappa shape index (κ1) is 15.0. The van der Waals surface area contributed by atoms with Crippen LogP contribution in [0.4, 0.5) is 4.39 Å². The van der Waals surface area contributed by atoms with Crippen LogP contribution in [-0.2, 0) is 6.61 Å². The predicted molar refractivity (Wildman–Crippen MR) is 73.8 cm³/mol. The largest absolute Gasteiger partial charge is 0.489 e. The molecule has 2 aromatic rings. The molecular weight excluding hydrogens is 273 g/mol. The third kappa shape index (κ3) is 4.02. The van der Waals surface area contributed by atoms with Crippen LogP contribution in [0, 0.1) is 17.1 Å². The Morgan fingerprint density at radius 2 is 1.67 bits per heavy atom. The van der Waals surface area contributed by atoms with Gasteiger partial charge in [-0.05, 0) is 35.4 Å². The Hall–Kier alpha value is -2.42. The van der Waals surface area contributed by atoms with Crippen LogP contribution in [0.3, 0.4) is 0 Å². The number of ether oxygens (including phenoxy) is 1. The van der Waals surface area contributed by atoms with Crippen molar-refractivity contribution in [2.24, 2.45) is 0 Å². The zero-order valence-electron chi connectivity index (χ0n) is 11.1. The van der Waals surface area contributed by atoms with Gasteiger partial charge in [0.1, 0.15) is 24.3 Å². The summed E-state index contributed by atoms with van der Waals surface area (Å²) in [4.78, 5) is 0. The molecule has 0 saturated heterocycles. The maximum atomic E-state index is 12.8. The third-order valence-corrected chi connectivity index (χ3v) is 2.97. The van der Waals surface area contributed by atoms with Crippen LogP contribution in [0.25, 0.3) is 0 Å². The molecule has 0 aliphatic rings. The molecule has 0 fully saturated rings. The molecule has 0 amide bonds. The van der Waals surface area contributed by atoms with E-state index in [2.05, 4.69) is 0 Å². The number of hydrogen-bond donors (Lipinski definition) is 2. The van der Waals surface area contributed by atoms with E-state index in [1.165, 1.54) is 12.1 Å². The van der Waals surface area contributed by atoms with Crippen LogP contribution in [0.5, 0.6) is 5.75 Å². The molecule has 21 heavy (non-hydrogen) atoms. The van der Waals surface area contributed by atoms with Crippen molar-refractivity contribution in [3.63, 3.8) is 0 Å². The fourth-order valence-electron chi connectivity index (χ4n) is 1.76. The van der Waals surface area contributed by atoms with Gasteiger partial charge in [-0.15, -0.1) is 0 Å². The first-order chi connectivity index (χ1) is 10.1. The molecule has 2 aromatic carbocycles. The van der Waals surface area contributed by atoms with Gasteiger partial charge in [0.2, 0.25) is 0 Å². The van der Waals surface area contributed by atoms with Crippen molar-refractivity contribution >= 4 is 0 Å². The number of benzene rings is 2. The first-order valence-corrected chi connectivity index (χ1v) is 6.33. The van der Waals surface area contributed by atoms with Gasteiger partial charge >= 0.3 is 0 Å². The van der Waals surface area contributed by atoms with Gasteiger partial charge in [0.05, 0.1) is 6.07 Å². The molecular formula is C16H14FNO3. The Bertz CT molecular complexity index is 619. The summed E-state index contributed by atoms with van der Waals surface area (Å²) >= 11 is 0. The van der Waals surface area contributed by atoms with Crippen molar-refractivity contribution in [1.29, 1.82) is 5.26 Å². The van der Waals surface area contributed by atoms with Gasteiger partial charge in [-0.2, -0.15) is 5.26 Å². The average Bonchev–Trinajstić information content (AvgIpc) is 2.53. The Kier molecular flexibility index (Phi) is 4.88. The standard InChI is InChI=1S/C16H14FNO3/c17-13-5-1-11(2-6-13)10-21-14-7-3-12(4-8-14)16(20)15(19)9-18/h1-8,15-16,19-20H,10H2. The molecule has 0 radical (unpaired) electrons. The summed E-state index contributed by atoms with van der Waals surface area (Å²) in [5, 5.41) is 27.5. The number of aliphatic hydroxyl groups is 2. The monoisotopic (exact) mass is 287 g/mol. The van der Waals surface area contributed by atoms with Gasteiger partial charge in [0.25, 0.3) is 0 Å². The summed E-state index contributed by atoms with van der Waals surface area (Å²) < 4.78 is 18.3. The van der Waals surface area contributed by atoms with E-state index in [0.717, 1.165) is 5.56 Å². The molecule has 2 atom stereocenters. The van der Waals surface area contributed by atoms with E-state index in [0.29, 0.717) is 17.9 Å². The van der Waals surface area contributed by atoms with Gasteiger partial charge in [-0.3, -0.25) is 0 Å².